The third kappa shape index (κ3) is 3.51. The van der Waals surface area contributed by atoms with E-state index in [0.717, 1.165) is 38.6 Å². The molecule has 1 aromatic rings. The van der Waals surface area contributed by atoms with Crippen LogP contribution in [0.5, 0.6) is 0 Å². The Labute approximate surface area is 103 Å². The van der Waals surface area contributed by atoms with Gasteiger partial charge in [-0.25, -0.2) is 0 Å². The van der Waals surface area contributed by atoms with Gasteiger partial charge < -0.3 is 10.4 Å². The summed E-state index contributed by atoms with van der Waals surface area (Å²) in [5.41, 5.74) is 0.678. The van der Waals surface area contributed by atoms with Crippen molar-refractivity contribution in [2.75, 3.05) is 6.54 Å². The van der Waals surface area contributed by atoms with Gasteiger partial charge in [0.05, 0.1) is 5.60 Å². The molecule has 0 saturated heterocycles. The lowest BCUT2D eigenvalue weighted by atomic mass is 9.78. The summed E-state index contributed by atoms with van der Waals surface area (Å²) in [4.78, 5) is 4.01. The fraction of sp³-hybridized carbons (Fsp3) is 0.643. The molecule has 0 spiro atoms. The first kappa shape index (κ1) is 12.5. The Bertz CT molecular complexity index is 331. The quantitative estimate of drug-likeness (QED) is 0.836. The molecule has 17 heavy (non-hydrogen) atoms. The van der Waals surface area contributed by atoms with Gasteiger partial charge in [-0.3, -0.25) is 4.98 Å². The summed E-state index contributed by atoms with van der Waals surface area (Å²) in [5, 5.41) is 14.0. The molecule has 1 saturated carbocycles. The molecule has 3 nitrogen and oxygen atoms in total. The summed E-state index contributed by atoms with van der Waals surface area (Å²) < 4.78 is 0. The van der Waals surface area contributed by atoms with Gasteiger partial charge in [-0.2, -0.15) is 0 Å². The fourth-order valence-electron chi connectivity index (χ4n) is 2.71. The first-order valence-corrected chi connectivity index (χ1v) is 6.56. The van der Waals surface area contributed by atoms with Crippen molar-refractivity contribution in [3.63, 3.8) is 0 Å². The normalized spacial score (nSPS) is 29.2. The third-order valence-corrected chi connectivity index (χ3v) is 3.69. The summed E-state index contributed by atoms with van der Waals surface area (Å²) in [5.74, 6) is 0. The second kappa shape index (κ2) is 5.61. The second-order valence-corrected chi connectivity index (χ2v) is 5.09. The van der Waals surface area contributed by atoms with Crippen LogP contribution in [0.15, 0.2) is 24.5 Å². The van der Waals surface area contributed by atoms with E-state index in [2.05, 4.69) is 17.2 Å². The zero-order valence-electron chi connectivity index (χ0n) is 10.5. The highest BCUT2D eigenvalue weighted by Gasteiger charge is 2.32. The van der Waals surface area contributed by atoms with E-state index in [1.54, 1.807) is 12.4 Å². The van der Waals surface area contributed by atoms with Crippen LogP contribution in [0.2, 0.25) is 0 Å². The Hall–Kier alpha value is -0.930. The van der Waals surface area contributed by atoms with E-state index >= 15 is 0 Å². The maximum atomic E-state index is 10.6. The summed E-state index contributed by atoms with van der Waals surface area (Å²) >= 11 is 0. The first-order chi connectivity index (χ1) is 8.22. The predicted octanol–water partition coefficient (Wildman–Crippen LogP) is 1.91. The standard InChI is InChI=1S/C14H22N2O/c1-2-16-13-3-7-14(17,8-4-13)11-12-5-9-15-10-6-12/h5-6,9-10,13,16-17H,2-4,7-8,11H2,1H3. The molecule has 94 valence electrons. The molecule has 3 heteroatoms. The Morgan fingerprint density at radius 1 is 1.35 bits per heavy atom. The maximum Gasteiger partial charge on any atom is 0.0689 e. The van der Waals surface area contributed by atoms with Crippen molar-refractivity contribution in [3.8, 4) is 0 Å². The molecule has 0 aromatic carbocycles. The summed E-state index contributed by atoms with van der Waals surface area (Å²) in [6, 6.07) is 4.58. The highest BCUT2D eigenvalue weighted by molar-refractivity contribution is 5.13. The van der Waals surface area contributed by atoms with E-state index in [0.29, 0.717) is 6.04 Å². The molecule has 2 N–H and O–H groups in total. The molecular formula is C14H22N2O. The largest absolute Gasteiger partial charge is 0.390 e. The van der Waals surface area contributed by atoms with E-state index in [4.69, 9.17) is 0 Å². The Morgan fingerprint density at radius 3 is 2.59 bits per heavy atom. The van der Waals surface area contributed by atoms with Crippen molar-refractivity contribution in [2.24, 2.45) is 0 Å². The zero-order chi connectivity index (χ0) is 12.1. The van der Waals surface area contributed by atoms with Gasteiger partial charge in [-0.15, -0.1) is 0 Å². The summed E-state index contributed by atoms with van der Waals surface area (Å²) in [6.07, 6.45) is 8.30. The number of hydrogen-bond donors (Lipinski definition) is 2. The maximum absolute atomic E-state index is 10.6. The van der Waals surface area contributed by atoms with Crippen LogP contribution >= 0.6 is 0 Å². The number of pyridine rings is 1. The van der Waals surface area contributed by atoms with Gasteiger partial charge in [0.15, 0.2) is 0 Å². The fourth-order valence-corrected chi connectivity index (χ4v) is 2.71. The Kier molecular flexibility index (Phi) is 4.13. The lowest BCUT2D eigenvalue weighted by molar-refractivity contribution is -0.00295. The lowest BCUT2D eigenvalue weighted by Gasteiger charge is -2.36. The highest BCUT2D eigenvalue weighted by Crippen LogP contribution is 2.31. The van der Waals surface area contributed by atoms with E-state index in [9.17, 15) is 5.11 Å². The van der Waals surface area contributed by atoms with Crippen molar-refractivity contribution in [1.82, 2.24) is 10.3 Å². The van der Waals surface area contributed by atoms with Crippen molar-refractivity contribution in [3.05, 3.63) is 30.1 Å². The Morgan fingerprint density at radius 2 is 2.00 bits per heavy atom. The van der Waals surface area contributed by atoms with Crippen LogP contribution in [0.3, 0.4) is 0 Å². The molecule has 0 atom stereocenters. The molecule has 0 bridgehead atoms. The number of aliphatic hydroxyl groups is 1. The molecule has 1 aliphatic rings. The first-order valence-electron chi connectivity index (χ1n) is 6.56. The minimum absolute atomic E-state index is 0.507. The number of nitrogens with zero attached hydrogens (tertiary/aromatic N) is 1. The van der Waals surface area contributed by atoms with Crippen LogP contribution < -0.4 is 5.32 Å². The van der Waals surface area contributed by atoms with E-state index in [-0.39, 0.29) is 0 Å². The SMILES string of the molecule is CCNC1CCC(O)(Cc2ccncc2)CC1. The molecule has 1 heterocycles. The molecule has 1 fully saturated rings. The molecule has 0 unspecified atom stereocenters. The molecule has 0 amide bonds. The smallest absolute Gasteiger partial charge is 0.0689 e. The van der Waals surface area contributed by atoms with Gasteiger partial charge in [0.25, 0.3) is 0 Å². The third-order valence-electron chi connectivity index (χ3n) is 3.69. The van der Waals surface area contributed by atoms with Crippen molar-refractivity contribution < 1.29 is 5.11 Å². The molecule has 2 rings (SSSR count). The molecule has 1 aliphatic carbocycles. The number of nitrogens with one attached hydrogen (secondary N) is 1. The number of hydrogen-bond acceptors (Lipinski definition) is 3. The highest BCUT2D eigenvalue weighted by atomic mass is 16.3. The van der Waals surface area contributed by atoms with Gasteiger partial charge >= 0.3 is 0 Å². The van der Waals surface area contributed by atoms with Crippen LogP contribution in [-0.4, -0.2) is 28.3 Å². The van der Waals surface area contributed by atoms with Crippen LogP contribution in [0.1, 0.15) is 38.2 Å². The van der Waals surface area contributed by atoms with Gasteiger partial charge in [0.2, 0.25) is 0 Å². The summed E-state index contributed by atoms with van der Waals surface area (Å²) in [7, 11) is 0. The minimum atomic E-state index is -0.507. The minimum Gasteiger partial charge on any atom is -0.390 e. The van der Waals surface area contributed by atoms with E-state index in [1.165, 1.54) is 5.56 Å². The van der Waals surface area contributed by atoms with Crippen molar-refractivity contribution in [1.29, 1.82) is 0 Å². The van der Waals surface area contributed by atoms with Gasteiger partial charge in [0.1, 0.15) is 0 Å². The average molecular weight is 234 g/mol. The summed E-state index contributed by atoms with van der Waals surface area (Å²) in [6.45, 7) is 3.16. The topological polar surface area (TPSA) is 45.1 Å². The molecule has 1 aromatic heterocycles. The molecule has 0 aliphatic heterocycles. The van der Waals surface area contributed by atoms with E-state index in [1.807, 2.05) is 12.1 Å². The van der Waals surface area contributed by atoms with Gasteiger partial charge in [-0.05, 0) is 49.9 Å². The molecule has 0 radical (unpaired) electrons. The number of rotatable bonds is 4. The average Bonchev–Trinajstić information content (AvgIpc) is 2.34. The Balaban J connectivity index is 1.89. The van der Waals surface area contributed by atoms with Crippen LogP contribution in [0.25, 0.3) is 0 Å². The lowest BCUT2D eigenvalue weighted by Crippen LogP contribution is -2.42. The predicted molar refractivity (Wildman–Crippen MR) is 68.8 cm³/mol. The van der Waals surface area contributed by atoms with Crippen LogP contribution in [0.4, 0.5) is 0 Å². The number of aromatic nitrogens is 1. The monoisotopic (exact) mass is 234 g/mol. The second-order valence-electron chi connectivity index (χ2n) is 5.09. The van der Waals surface area contributed by atoms with Crippen LogP contribution in [-0.2, 0) is 6.42 Å². The van der Waals surface area contributed by atoms with E-state index < -0.39 is 5.60 Å². The van der Waals surface area contributed by atoms with Crippen molar-refractivity contribution >= 4 is 0 Å². The van der Waals surface area contributed by atoms with Gasteiger partial charge in [-0.1, -0.05) is 6.92 Å². The van der Waals surface area contributed by atoms with Gasteiger partial charge in [0, 0.05) is 24.9 Å². The molecular weight excluding hydrogens is 212 g/mol. The van der Waals surface area contributed by atoms with Crippen molar-refractivity contribution in [2.45, 2.75) is 50.7 Å². The van der Waals surface area contributed by atoms with Crippen LogP contribution in [0, 0.1) is 0 Å². The zero-order valence-corrected chi connectivity index (χ0v) is 10.5.